The lowest BCUT2D eigenvalue weighted by Crippen LogP contribution is -2.42. The van der Waals surface area contributed by atoms with Crippen LogP contribution in [0.4, 0.5) is 0 Å². The van der Waals surface area contributed by atoms with E-state index in [0.717, 1.165) is 58.4 Å². The summed E-state index contributed by atoms with van der Waals surface area (Å²) >= 11 is 0. The molecule has 2 aliphatic heterocycles. The number of aliphatic hydroxyl groups excluding tert-OH is 1. The van der Waals surface area contributed by atoms with Crippen LogP contribution in [0.2, 0.25) is 0 Å². The number of carbonyl (C=O) groups is 1. The molecule has 0 spiro atoms. The normalized spacial score (nSPS) is 17.8. The lowest BCUT2D eigenvalue weighted by Gasteiger charge is -2.29. The standard InChI is InChI=1S/C35H42N6O3/c1-35(2,3)33-21-30(40-33)28-10-11-32(29-9-5-4-8-27(28)29)44-23-24-12-14-37-25(19-24)20-31(38-15-13-36)34(43)39-16-18-41-17-6-7-26(42)22-41/h4-5,8-12,14-15,19-21,26,42H,6-7,13,16-18,22-23,36H2,1-3H3,(H,39,43)/b31-20?,38-15-/t26-/m1/s1. The number of ether oxygens (including phenoxy) is 1. The summed E-state index contributed by atoms with van der Waals surface area (Å²) in [4.78, 5) is 28.7. The molecule has 0 unspecified atom stereocenters. The van der Waals surface area contributed by atoms with Crippen LogP contribution in [-0.2, 0) is 11.4 Å². The predicted octanol–water partition coefficient (Wildman–Crippen LogP) is 4.60. The number of nitrogens with zero attached hydrogens (tertiary/aromatic N) is 4. The minimum absolute atomic E-state index is 0.0282. The molecule has 1 aromatic heterocycles. The van der Waals surface area contributed by atoms with Crippen LogP contribution in [0.1, 0.15) is 50.4 Å². The Bertz CT molecular complexity index is 1620. The van der Waals surface area contributed by atoms with E-state index in [0.29, 0.717) is 31.9 Å². The molecule has 2 aliphatic rings. The molecular weight excluding hydrogens is 552 g/mol. The molecule has 44 heavy (non-hydrogen) atoms. The van der Waals surface area contributed by atoms with Crippen molar-refractivity contribution in [1.82, 2.24) is 15.2 Å². The Labute approximate surface area is 259 Å². The molecule has 0 bridgehead atoms. The highest BCUT2D eigenvalue weighted by Gasteiger charge is 2.25. The van der Waals surface area contributed by atoms with Crippen LogP contribution in [0, 0.1) is 5.41 Å². The minimum Gasteiger partial charge on any atom is -0.488 e. The van der Waals surface area contributed by atoms with E-state index in [1.54, 1.807) is 12.3 Å². The van der Waals surface area contributed by atoms with E-state index in [1.807, 2.05) is 30.3 Å². The van der Waals surface area contributed by atoms with E-state index in [-0.39, 0.29) is 29.7 Å². The van der Waals surface area contributed by atoms with Gasteiger partial charge in [0.15, 0.2) is 0 Å². The van der Waals surface area contributed by atoms with Crippen LogP contribution in [0.3, 0.4) is 0 Å². The molecule has 9 heteroatoms. The maximum atomic E-state index is 13.0. The molecule has 0 saturated carbocycles. The molecule has 0 radical (unpaired) electrons. The highest BCUT2D eigenvalue weighted by molar-refractivity contribution is 6.15. The van der Waals surface area contributed by atoms with Gasteiger partial charge < -0.3 is 20.9 Å². The summed E-state index contributed by atoms with van der Waals surface area (Å²) in [6.45, 7) is 9.73. The van der Waals surface area contributed by atoms with Crippen LogP contribution in [-0.4, -0.2) is 71.7 Å². The fraction of sp³-hybridized carbons (Fsp3) is 0.371. The monoisotopic (exact) mass is 594 g/mol. The Kier molecular flexibility index (Phi) is 9.99. The van der Waals surface area contributed by atoms with E-state index in [1.165, 1.54) is 6.21 Å². The molecule has 230 valence electrons. The number of nitrogens with two attached hydrogens (primary N) is 1. The highest BCUT2D eigenvalue weighted by atomic mass is 16.5. The van der Waals surface area contributed by atoms with E-state index < -0.39 is 0 Å². The van der Waals surface area contributed by atoms with E-state index in [2.05, 4.69) is 65.2 Å². The van der Waals surface area contributed by atoms with Gasteiger partial charge in [-0.25, -0.2) is 0 Å². The molecule has 2 aromatic carbocycles. The van der Waals surface area contributed by atoms with Gasteiger partial charge in [-0.05, 0) is 66.8 Å². The number of rotatable bonds is 11. The quantitative estimate of drug-likeness (QED) is 0.220. The summed E-state index contributed by atoms with van der Waals surface area (Å²) in [6.07, 6.45) is 8.51. The SMILES string of the molecule is CC(C)(C)C1=NC(c2ccc(OCc3ccnc(C=C(/N=C\CN)C(=O)NCCN4CCC[C@@H](O)C4)c3)c3ccccc23)=C1. The number of aliphatic hydroxyl groups is 1. The first kappa shape index (κ1) is 31.3. The molecule has 5 rings (SSSR count). The maximum absolute atomic E-state index is 13.0. The van der Waals surface area contributed by atoms with Crippen molar-refractivity contribution in [2.24, 2.45) is 21.1 Å². The van der Waals surface area contributed by atoms with Crippen molar-refractivity contribution in [3.63, 3.8) is 0 Å². The van der Waals surface area contributed by atoms with Gasteiger partial charge in [-0.3, -0.25) is 24.7 Å². The van der Waals surface area contributed by atoms with Gasteiger partial charge in [0.25, 0.3) is 5.91 Å². The molecule has 1 saturated heterocycles. The van der Waals surface area contributed by atoms with E-state index in [4.69, 9.17) is 15.5 Å². The maximum Gasteiger partial charge on any atom is 0.269 e. The molecule has 1 atom stereocenters. The van der Waals surface area contributed by atoms with Gasteiger partial charge in [0.05, 0.1) is 17.5 Å². The third kappa shape index (κ3) is 7.85. The predicted molar refractivity (Wildman–Crippen MR) is 178 cm³/mol. The second-order valence-corrected chi connectivity index (χ2v) is 12.2. The summed E-state index contributed by atoms with van der Waals surface area (Å²) in [5, 5.41) is 14.9. The third-order valence-corrected chi connectivity index (χ3v) is 7.73. The molecule has 3 heterocycles. The summed E-state index contributed by atoms with van der Waals surface area (Å²) in [6, 6.07) is 16.1. The lowest BCUT2D eigenvalue weighted by molar-refractivity contribution is -0.117. The van der Waals surface area contributed by atoms with Crippen LogP contribution in [0.15, 0.2) is 76.5 Å². The van der Waals surface area contributed by atoms with E-state index in [9.17, 15) is 9.90 Å². The first-order valence-corrected chi connectivity index (χ1v) is 15.2. The van der Waals surface area contributed by atoms with Crippen LogP contribution < -0.4 is 15.8 Å². The number of nitrogens with one attached hydrogen (secondary N) is 1. The molecule has 0 aliphatic carbocycles. The fourth-order valence-corrected chi connectivity index (χ4v) is 5.33. The molecule has 3 aromatic rings. The summed E-state index contributed by atoms with van der Waals surface area (Å²) in [5.41, 5.74) is 10.6. The summed E-state index contributed by atoms with van der Waals surface area (Å²) < 4.78 is 6.31. The molecule has 9 nitrogen and oxygen atoms in total. The average Bonchev–Trinajstić information content (AvgIpc) is 2.97. The van der Waals surface area contributed by atoms with Crippen molar-refractivity contribution in [2.75, 3.05) is 32.7 Å². The van der Waals surface area contributed by atoms with Gasteiger partial charge in [-0.1, -0.05) is 45.0 Å². The van der Waals surface area contributed by atoms with Crippen molar-refractivity contribution in [3.8, 4) is 5.75 Å². The Morgan fingerprint density at radius 1 is 1.20 bits per heavy atom. The third-order valence-electron chi connectivity index (χ3n) is 7.73. The Morgan fingerprint density at radius 2 is 2.00 bits per heavy atom. The zero-order valence-electron chi connectivity index (χ0n) is 25.8. The van der Waals surface area contributed by atoms with Gasteiger partial charge in [0.1, 0.15) is 18.1 Å². The van der Waals surface area contributed by atoms with Gasteiger partial charge in [0.2, 0.25) is 0 Å². The van der Waals surface area contributed by atoms with Crippen LogP contribution in [0.25, 0.3) is 22.5 Å². The molecular formula is C35H42N6O3. The molecule has 1 amide bonds. The second kappa shape index (κ2) is 14.1. The fourth-order valence-electron chi connectivity index (χ4n) is 5.33. The Hall–Kier alpha value is -4.18. The number of hydrogen-bond acceptors (Lipinski definition) is 8. The number of pyridine rings is 1. The topological polar surface area (TPSA) is 125 Å². The van der Waals surface area contributed by atoms with Crippen molar-refractivity contribution in [2.45, 2.75) is 46.3 Å². The number of β-amino-alcohol motifs (C(OH)–C–C–N with tert-alkyl or cyclic N) is 1. The summed E-state index contributed by atoms with van der Waals surface area (Å²) in [7, 11) is 0. The first-order valence-electron chi connectivity index (χ1n) is 15.2. The zero-order valence-corrected chi connectivity index (χ0v) is 25.8. The number of benzene rings is 2. The number of fused-ring (bicyclic) bond motifs is 1. The lowest BCUT2D eigenvalue weighted by atomic mass is 9.85. The van der Waals surface area contributed by atoms with Gasteiger partial charge in [-0.15, -0.1) is 0 Å². The van der Waals surface area contributed by atoms with Crippen molar-refractivity contribution in [3.05, 3.63) is 83.3 Å². The number of carbonyl (C=O) groups excluding carboxylic acids is 1. The minimum atomic E-state index is -0.303. The Morgan fingerprint density at radius 3 is 2.75 bits per heavy atom. The number of amides is 1. The van der Waals surface area contributed by atoms with Crippen molar-refractivity contribution in [1.29, 1.82) is 0 Å². The van der Waals surface area contributed by atoms with Gasteiger partial charge in [-0.2, -0.15) is 0 Å². The molecule has 1 fully saturated rings. The number of hydrogen-bond donors (Lipinski definition) is 3. The number of aliphatic imine (C=N–C) groups is 2. The van der Waals surface area contributed by atoms with Gasteiger partial charge in [0, 0.05) is 60.7 Å². The average molecular weight is 595 g/mol. The number of aromatic nitrogens is 1. The van der Waals surface area contributed by atoms with Crippen LogP contribution in [0.5, 0.6) is 5.75 Å². The van der Waals surface area contributed by atoms with Crippen molar-refractivity contribution < 1.29 is 14.6 Å². The first-order chi connectivity index (χ1) is 21.2. The van der Waals surface area contributed by atoms with Crippen LogP contribution >= 0.6 is 0 Å². The number of allylic oxidation sites excluding steroid dienone is 1. The number of piperidine rings is 1. The van der Waals surface area contributed by atoms with Crippen molar-refractivity contribution >= 4 is 40.4 Å². The Balaban J connectivity index is 1.26. The number of likely N-dealkylation sites (tertiary alicyclic amines) is 1. The summed E-state index contributed by atoms with van der Waals surface area (Å²) in [5.74, 6) is 0.481. The highest BCUT2D eigenvalue weighted by Crippen LogP contribution is 2.37. The second-order valence-electron chi connectivity index (χ2n) is 12.2. The smallest absolute Gasteiger partial charge is 0.269 e. The molecule has 4 N–H and O–H groups in total. The largest absolute Gasteiger partial charge is 0.488 e. The van der Waals surface area contributed by atoms with E-state index >= 15 is 0 Å². The zero-order chi connectivity index (χ0) is 31.1. The van der Waals surface area contributed by atoms with Gasteiger partial charge >= 0.3 is 0 Å².